The Morgan fingerprint density at radius 3 is 2.55 bits per heavy atom. The van der Waals surface area contributed by atoms with Gasteiger partial charge in [0.15, 0.2) is 0 Å². The first kappa shape index (κ1) is 15.5. The van der Waals surface area contributed by atoms with Gasteiger partial charge in [0.1, 0.15) is 0 Å². The van der Waals surface area contributed by atoms with Gasteiger partial charge in [0.2, 0.25) is 0 Å². The van der Waals surface area contributed by atoms with E-state index in [-0.39, 0.29) is 0 Å². The van der Waals surface area contributed by atoms with Gasteiger partial charge in [0.25, 0.3) is 0 Å². The van der Waals surface area contributed by atoms with Crippen LogP contribution in [-0.4, -0.2) is 30.6 Å². The maximum absolute atomic E-state index is 3.65. The number of piperidine rings is 1. The molecule has 0 bridgehead atoms. The third-order valence-corrected chi connectivity index (χ3v) is 4.79. The maximum atomic E-state index is 3.65. The van der Waals surface area contributed by atoms with Crippen LogP contribution in [-0.2, 0) is 0 Å². The van der Waals surface area contributed by atoms with Crippen molar-refractivity contribution in [1.82, 2.24) is 10.2 Å². The predicted molar refractivity (Wildman–Crippen MR) is 86.8 cm³/mol. The van der Waals surface area contributed by atoms with Crippen LogP contribution in [0.25, 0.3) is 0 Å². The standard InChI is InChI=1S/C18H30N2/c1-5-19-18(17-9-7-6-8-10-17)13-20-12-14(2)11-15(3)16(20)4/h6-10,14-16,18-19H,5,11-13H2,1-4H3. The third-order valence-electron chi connectivity index (χ3n) is 4.79. The Bertz CT molecular complexity index is 390. The molecule has 0 aromatic heterocycles. The van der Waals surface area contributed by atoms with Crippen molar-refractivity contribution in [2.24, 2.45) is 11.8 Å². The molecular formula is C18H30N2. The van der Waals surface area contributed by atoms with Crippen molar-refractivity contribution in [3.63, 3.8) is 0 Å². The molecule has 1 saturated heterocycles. The summed E-state index contributed by atoms with van der Waals surface area (Å²) in [6.45, 7) is 12.8. The average Bonchev–Trinajstić information content (AvgIpc) is 2.44. The minimum absolute atomic E-state index is 0.446. The van der Waals surface area contributed by atoms with Gasteiger partial charge in [-0.3, -0.25) is 4.90 Å². The second-order valence-corrected chi connectivity index (χ2v) is 6.53. The number of likely N-dealkylation sites (N-methyl/N-ethyl adjacent to an activating group) is 1. The van der Waals surface area contributed by atoms with Crippen molar-refractivity contribution in [3.05, 3.63) is 35.9 Å². The predicted octanol–water partition coefficient (Wildman–Crippen LogP) is 3.70. The quantitative estimate of drug-likeness (QED) is 0.880. The van der Waals surface area contributed by atoms with Crippen LogP contribution in [0.15, 0.2) is 30.3 Å². The van der Waals surface area contributed by atoms with Gasteiger partial charge in [-0.05, 0) is 37.3 Å². The van der Waals surface area contributed by atoms with Crippen LogP contribution in [0.3, 0.4) is 0 Å². The van der Waals surface area contributed by atoms with Crippen molar-refractivity contribution >= 4 is 0 Å². The van der Waals surface area contributed by atoms with E-state index in [1.807, 2.05) is 0 Å². The SMILES string of the molecule is CCNC(CN1CC(C)CC(C)C1C)c1ccccc1. The average molecular weight is 274 g/mol. The molecule has 2 nitrogen and oxygen atoms in total. The van der Waals surface area contributed by atoms with Crippen molar-refractivity contribution in [3.8, 4) is 0 Å². The van der Waals surface area contributed by atoms with Gasteiger partial charge in [-0.25, -0.2) is 0 Å². The molecule has 4 unspecified atom stereocenters. The highest BCUT2D eigenvalue weighted by Crippen LogP contribution is 2.28. The third kappa shape index (κ3) is 3.83. The first-order valence-corrected chi connectivity index (χ1v) is 8.14. The van der Waals surface area contributed by atoms with Crippen LogP contribution < -0.4 is 5.32 Å². The van der Waals surface area contributed by atoms with Crippen molar-refractivity contribution in [2.45, 2.75) is 46.2 Å². The summed E-state index contributed by atoms with van der Waals surface area (Å²) in [6, 6.07) is 12.0. The monoisotopic (exact) mass is 274 g/mol. The zero-order valence-electron chi connectivity index (χ0n) is 13.5. The smallest absolute Gasteiger partial charge is 0.0449 e. The van der Waals surface area contributed by atoms with Crippen molar-refractivity contribution in [1.29, 1.82) is 0 Å². The summed E-state index contributed by atoms with van der Waals surface area (Å²) in [5.74, 6) is 1.62. The van der Waals surface area contributed by atoms with E-state index >= 15 is 0 Å². The largest absolute Gasteiger partial charge is 0.309 e. The molecule has 0 radical (unpaired) electrons. The van der Waals surface area contributed by atoms with Gasteiger partial charge in [-0.1, -0.05) is 51.1 Å². The first-order valence-electron chi connectivity index (χ1n) is 8.14. The number of hydrogen-bond donors (Lipinski definition) is 1. The van der Waals surface area contributed by atoms with Crippen LogP contribution in [0.4, 0.5) is 0 Å². The summed E-state index contributed by atoms with van der Waals surface area (Å²) in [5, 5.41) is 3.65. The van der Waals surface area contributed by atoms with E-state index in [2.05, 4.69) is 68.2 Å². The van der Waals surface area contributed by atoms with E-state index in [1.165, 1.54) is 18.5 Å². The second kappa shape index (κ2) is 7.24. The van der Waals surface area contributed by atoms with Gasteiger partial charge in [-0.15, -0.1) is 0 Å². The Morgan fingerprint density at radius 1 is 1.20 bits per heavy atom. The van der Waals surface area contributed by atoms with Gasteiger partial charge < -0.3 is 5.32 Å². The van der Waals surface area contributed by atoms with Gasteiger partial charge in [-0.2, -0.15) is 0 Å². The molecule has 4 atom stereocenters. The summed E-state index contributed by atoms with van der Waals surface area (Å²) in [5.41, 5.74) is 1.41. The first-order chi connectivity index (χ1) is 9.61. The van der Waals surface area contributed by atoms with Crippen molar-refractivity contribution < 1.29 is 0 Å². The minimum atomic E-state index is 0.446. The van der Waals surface area contributed by atoms with E-state index in [4.69, 9.17) is 0 Å². The zero-order valence-corrected chi connectivity index (χ0v) is 13.5. The molecular weight excluding hydrogens is 244 g/mol. The van der Waals surface area contributed by atoms with E-state index in [1.54, 1.807) is 0 Å². The lowest BCUT2D eigenvalue weighted by atomic mass is 9.85. The van der Waals surface area contributed by atoms with Crippen molar-refractivity contribution in [2.75, 3.05) is 19.6 Å². The highest BCUT2D eigenvalue weighted by molar-refractivity contribution is 5.19. The molecule has 0 amide bonds. The fourth-order valence-electron chi connectivity index (χ4n) is 3.53. The maximum Gasteiger partial charge on any atom is 0.0449 e. The lowest BCUT2D eigenvalue weighted by Gasteiger charge is -2.42. The highest BCUT2D eigenvalue weighted by atomic mass is 15.2. The Labute approximate surface area is 124 Å². The van der Waals surface area contributed by atoms with Crippen LogP contribution in [0.5, 0.6) is 0 Å². The zero-order chi connectivity index (χ0) is 14.5. The molecule has 1 aliphatic rings. The Balaban J connectivity index is 2.07. The molecule has 1 aromatic rings. The van der Waals surface area contributed by atoms with Gasteiger partial charge in [0.05, 0.1) is 0 Å². The fraction of sp³-hybridized carbons (Fsp3) is 0.667. The lowest BCUT2D eigenvalue weighted by molar-refractivity contribution is 0.0704. The summed E-state index contributed by atoms with van der Waals surface area (Å²) in [6.07, 6.45) is 1.37. The molecule has 1 heterocycles. The molecule has 1 N–H and O–H groups in total. The van der Waals surface area contributed by atoms with Crippen LogP contribution in [0.2, 0.25) is 0 Å². The molecule has 0 spiro atoms. The fourth-order valence-corrected chi connectivity index (χ4v) is 3.53. The minimum Gasteiger partial charge on any atom is -0.309 e. The molecule has 1 aliphatic heterocycles. The molecule has 2 heteroatoms. The number of nitrogens with zero attached hydrogens (tertiary/aromatic N) is 1. The molecule has 112 valence electrons. The molecule has 0 aliphatic carbocycles. The summed E-state index contributed by atoms with van der Waals surface area (Å²) in [4.78, 5) is 2.68. The molecule has 2 rings (SSSR count). The van der Waals surface area contributed by atoms with E-state index < -0.39 is 0 Å². The lowest BCUT2D eigenvalue weighted by Crippen LogP contribution is -2.48. The number of benzene rings is 1. The normalized spacial score (nSPS) is 29.3. The van der Waals surface area contributed by atoms with E-state index in [0.29, 0.717) is 12.1 Å². The topological polar surface area (TPSA) is 15.3 Å². The number of likely N-dealkylation sites (tertiary alicyclic amines) is 1. The Hall–Kier alpha value is -0.860. The van der Waals surface area contributed by atoms with Crippen LogP contribution in [0, 0.1) is 11.8 Å². The Morgan fingerprint density at radius 2 is 1.90 bits per heavy atom. The molecule has 0 saturated carbocycles. The molecule has 20 heavy (non-hydrogen) atoms. The second-order valence-electron chi connectivity index (χ2n) is 6.53. The van der Waals surface area contributed by atoms with E-state index in [9.17, 15) is 0 Å². The summed E-state index contributed by atoms with van der Waals surface area (Å²) in [7, 11) is 0. The Kier molecular flexibility index (Phi) is 5.62. The van der Waals surface area contributed by atoms with Crippen LogP contribution >= 0.6 is 0 Å². The molecule has 1 aromatic carbocycles. The summed E-state index contributed by atoms with van der Waals surface area (Å²) < 4.78 is 0. The van der Waals surface area contributed by atoms with Crippen LogP contribution in [0.1, 0.15) is 45.7 Å². The van der Waals surface area contributed by atoms with Gasteiger partial charge in [0, 0.05) is 25.2 Å². The summed E-state index contributed by atoms with van der Waals surface area (Å²) >= 11 is 0. The number of nitrogens with one attached hydrogen (secondary N) is 1. The molecule has 1 fully saturated rings. The number of hydrogen-bond acceptors (Lipinski definition) is 2. The van der Waals surface area contributed by atoms with E-state index in [0.717, 1.165) is 24.9 Å². The van der Waals surface area contributed by atoms with Gasteiger partial charge >= 0.3 is 0 Å². The number of rotatable bonds is 5. The highest BCUT2D eigenvalue weighted by Gasteiger charge is 2.30.